The molecule has 11 nitrogen and oxygen atoms in total. The van der Waals surface area contributed by atoms with Crippen molar-refractivity contribution in [2.45, 2.75) is 0 Å². The molecular formula is C14H14O11PW. The van der Waals surface area contributed by atoms with E-state index < -0.39 is 37.4 Å². The summed E-state index contributed by atoms with van der Waals surface area (Å²) >= 11 is -4.03. The Hall–Kier alpha value is -2.26. The van der Waals surface area contributed by atoms with Crippen molar-refractivity contribution in [1.82, 2.24) is 0 Å². The van der Waals surface area contributed by atoms with Crippen LogP contribution in [0.1, 0.15) is 20.7 Å². The molecule has 13 heteroatoms. The van der Waals surface area contributed by atoms with Gasteiger partial charge in [0.05, 0.1) is 11.1 Å². The molecule has 0 fully saturated rings. The minimum absolute atomic E-state index is 0.318. The zero-order valence-electron chi connectivity index (χ0n) is 13.3. The molecule has 0 amide bonds. The first kappa shape index (κ1) is 24.7. The maximum absolute atomic E-state index is 11.5. The van der Waals surface area contributed by atoms with Gasteiger partial charge in [0.2, 0.25) is 0 Å². The fourth-order valence-corrected chi connectivity index (χ4v) is 1.32. The van der Waals surface area contributed by atoms with Crippen molar-refractivity contribution < 1.29 is 66.8 Å². The minimum atomic E-state index is -4.64. The van der Waals surface area contributed by atoms with Gasteiger partial charge in [-0.3, -0.25) is 0 Å². The van der Waals surface area contributed by atoms with Crippen LogP contribution in [0.15, 0.2) is 60.7 Å². The molecule has 0 aliphatic heterocycles. The van der Waals surface area contributed by atoms with Gasteiger partial charge in [-0.1, -0.05) is 36.4 Å². The number of carbonyl (C=O) groups is 2. The monoisotopic (exact) mass is 573 g/mol. The standard InChI is InChI=1S/C14H10O4.H3O4P.H2O.2O.W/c15-13(11-7-3-1-4-8-11)17-18-14(16)12-9-5-2-6-10-12;1-5(2,3)4;;;;/h1-10H;(H3,1,2,3,4);1H2;;;/q;;;;;+1/p-1. The van der Waals surface area contributed by atoms with E-state index >= 15 is 0 Å². The first-order valence-corrected chi connectivity index (χ1v) is 11.9. The average Bonchev–Trinajstić information content (AvgIpc) is 2.59. The van der Waals surface area contributed by atoms with E-state index in [0.29, 0.717) is 11.1 Å². The summed E-state index contributed by atoms with van der Waals surface area (Å²) in [5, 5.41) is 0. The molecule has 0 atom stereocenters. The van der Waals surface area contributed by atoms with Crippen molar-refractivity contribution in [3.8, 4) is 0 Å². The Bertz CT molecular complexity index is 763. The van der Waals surface area contributed by atoms with Crippen molar-refractivity contribution in [3.63, 3.8) is 0 Å². The third-order valence-electron chi connectivity index (χ3n) is 2.21. The van der Waals surface area contributed by atoms with Crippen LogP contribution >= 0.6 is 7.82 Å². The molecule has 0 aromatic heterocycles. The van der Waals surface area contributed by atoms with E-state index in [1.54, 1.807) is 60.7 Å². The van der Waals surface area contributed by atoms with E-state index in [1.807, 2.05) is 0 Å². The molecule has 0 bridgehead atoms. The molecular weight excluding hydrogens is 559 g/mol. The fraction of sp³-hybridized carbons (Fsp3) is 0. The summed E-state index contributed by atoms with van der Waals surface area (Å²) in [7, 11) is -4.64. The van der Waals surface area contributed by atoms with Crippen LogP contribution in [0.5, 0.6) is 0 Å². The van der Waals surface area contributed by atoms with Crippen LogP contribution in [0.2, 0.25) is 0 Å². The van der Waals surface area contributed by atoms with Crippen molar-refractivity contribution >= 4 is 19.8 Å². The molecule has 27 heavy (non-hydrogen) atoms. The van der Waals surface area contributed by atoms with E-state index in [9.17, 15) is 9.59 Å². The summed E-state index contributed by atoms with van der Waals surface area (Å²) in [5.41, 5.74) is 0.636. The molecule has 0 unspecified atom stereocenters. The van der Waals surface area contributed by atoms with Gasteiger partial charge in [0.25, 0.3) is 0 Å². The van der Waals surface area contributed by atoms with Crippen LogP contribution in [0.4, 0.5) is 0 Å². The summed E-state index contributed by atoms with van der Waals surface area (Å²) in [4.78, 5) is 53.4. The molecule has 0 saturated carbocycles. The normalized spacial score (nSPS) is 9.48. The molecule has 0 radical (unpaired) electrons. The first-order chi connectivity index (χ1) is 12.5. The Labute approximate surface area is 158 Å². The van der Waals surface area contributed by atoms with E-state index in [0.717, 1.165) is 0 Å². The summed E-state index contributed by atoms with van der Waals surface area (Å²) in [6.07, 6.45) is 0. The summed E-state index contributed by atoms with van der Waals surface area (Å²) in [6.45, 7) is 0. The summed E-state index contributed by atoms with van der Waals surface area (Å²) < 4.78 is 33.5. The number of benzene rings is 2. The van der Waals surface area contributed by atoms with Crippen molar-refractivity contribution in [3.05, 3.63) is 71.8 Å². The Kier molecular flexibility index (Phi) is 11.9. The molecule has 0 aliphatic rings. The second-order valence-corrected chi connectivity index (χ2v) is 6.79. The zero-order valence-corrected chi connectivity index (χ0v) is 17.1. The Morgan fingerprint density at radius 3 is 1.19 bits per heavy atom. The van der Waals surface area contributed by atoms with E-state index in [1.165, 1.54) is 0 Å². The third-order valence-corrected chi connectivity index (χ3v) is 2.21. The number of phosphoric acid groups is 1. The topological polar surface area (TPSA) is 185 Å². The molecule has 0 spiro atoms. The molecule has 2 aromatic rings. The van der Waals surface area contributed by atoms with Crippen LogP contribution in [-0.2, 0) is 38.8 Å². The van der Waals surface area contributed by atoms with E-state index in [-0.39, 0.29) is 0 Å². The van der Waals surface area contributed by atoms with E-state index in [4.69, 9.17) is 29.8 Å². The van der Waals surface area contributed by atoms with Gasteiger partial charge in [0, 0.05) is 0 Å². The predicted octanol–water partition coefficient (Wildman–Crippen LogP) is 0.890. The number of carbonyl (C=O) groups excluding carboxylic acids is 2. The van der Waals surface area contributed by atoms with Gasteiger partial charge in [-0.25, -0.2) is 23.9 Å². The molecule has 2 rings (SSSR count). The van der Waals surface area contributed by atoms with Crippen LogP contribution in [0, 0.1) is 0 Å². The van der Waals surface area contributed by atoms with Gasteiger partial charge < -0.3 is 14.7 Å². The van der Waals surface area contributed by atoms with Gasteiger partial charge in [0.15, 0.2) is 0 Å². The van der Waals surface area contributed by atoms with Gasteiger partial charge in [0.1, 0.15) is 0 Å². The molecule has 4 N–H and O–H groups in total. The zero-order chi connectivity index (χ0) is 20.9. The summed E-state index contributed by atoms with van der Waals surface area (Å²) in [6, 6.07) is 16.6. The van der Waals surface area contributed by atoms with Crippen molar-refractivity contribution in [1.29, 1.82) is 0 Å². The Balaban J connectivity index is 0.000000630. The van der Waals surface area contributed by atoms with Gasteiger partial charge in [-0.05, 0) is 24.3 Å². The molecule has 0 saturated heterocycles. The quantitative estimate of drug-likeness (QED) is 0.227. The van der Waals surface area contributed by atoms with Gasteiger partial charge >= 0.3 is 47.9 Å². The molecule has 0 heterocycles. The summed E-state index contributed by atoms with van der Waals surface area (Å²) in [5.74, 6) is -1.42. The van der Waals surface area contributed by atoms with Crippen LogP contribution in [0.3, 0.4) is 0 Å². The Morgan fingerprint density at radius 2 is 0.963 bits per heavy atom. The predicted molar refractivity (Wildman–Crippen MR) is 81.6 cm³/mol. The van der Waals surface area contributed by atoms with Gasteiger partial charge in [-0.15, -0.1) is 0 Å². The number of hydrogen-bond acceptors (Lipinski definition) is 7. The second kappa shape index (κ2) is 13.0. The van der Waals surface area contributed by atoms with Crippen LogP contribution < -0.4 is 0 Å². The first-order valence-electron chi connectivity index (χ1n) is 6.60. The van der Waals surface area contributed by atoms with E-state index in [2.05, 4.69) is 9.78 Å². The number of hydrogen-bond donors (Lipinski definition) is 4. The van der Waals surface area contributed by atoms with Crippen LogP contribution in [-0.4, -0.2) is 30.4 Å². The Morgan fingerprint density at radius 1 is 0.741 bits per heavy atom. The average molecular weight is 573 g/mol. The maximum atomic E-state index is 11.5. The SMILES string of the molecule is O=C(OOC(=O)c1ccccc1)c1ccccc1.O=P(O)(O)O.[O]=[W](=[O])[OH]. The van der Waals surface area contributed by atoms with Crippen molar-refractivity contribution in [2.24, 2.45) is 0 Å². The van der Waals surface area contributed by atoms with Crippen molar-refractivity contribution in [2.75, 3.05) is 0 Å². The third kappa shape index (κ3) is 15.7. The fourth-order valence-electron chi connectivity index (χ4n) is 1.32. The van der Waals surface area contributed by atoms with Crippen LogP contribution in [0.25, 0.3) is 0 Å². The molecule has 2 aromatic carbocycles. The molecule has 0 aliphatic carbocycles. The number of rotatable bonds is 2. The second-order valence-electron chi connectivity index (χ2n) is 4.20. The van der Waals surface area contributed by atoms with Gasteiger partial charge in [-0.2, -0.15) is 0 Å². The molecule has 147 valence electrons.